The van der Waals surface area contributed by atoms with Gasteiger partial charge in [0.1, 0.15) is 0 Å². The Morgan fingerprint density at radius 1 is 1.50 bits per heavy atom. The molecule has 2 aromatic rings. The van der Waals surface area contributed by atoms with E-state index in [1.165, 1.54) is 0 Å². The van der Waals surface area contributed by atoms with Gasteiger partial charge in [0.25, 0.3) is 0 Å². The molecular formula is C13H18N4O2S. The molecule has 1 atom stereocenters. The lowest BCUT2D eigenvalue weighted by Crippen LogP contribution is -2.23. The molecule has 2 heterocycles. The Balaban J connectivity index is 2.08. The van der Waals surface area contributed by atoms with Crippen LogP contribution in [-0.2, 0) is 17.8 Å². The van der Waals surface area contributed by atoms with Crippen molar-refractivity contribution in [2.24, 2.45) is 11.8 Å². The van der Waals surface area contributed by atoms with Crippen LogP contribution >= 0.6 is 11.3 Å². The Morgan fingerprint density at radius 3 is 2.90 bits per heavy atom. The number of rotatable bonds is 7. The van der Waals surface area contributed by atoms with E-state index >= 15 is 0 Å². The Kier molecular flexibility index (Phi) is 4.84. The average molecular weight is 294 g/mol. The van der Waals surface area contributed by atoms with Crippen molar-refractivity contribution < 1.29 is 9.90 Å². The van der Waals surface area contributed by atoms with Gasteiger partial charge >= 0.3 is 5.97 Å². The smallest absolute Gasteiger partial charge is 0.308 e. The van der Waals surface area contributed by atoms with Crippen molar-refractivity contribution in [1.29, 1.82) is 0 Å². The van der Waals surface area contributed by atoms with E-state index in [1.807, 2.05) is 31.4 Å². The average Bonchev–Trinajstić information content (AvgIpc) is 3.01. The molecule has 0 aliphatic carbocycles. The largest absolute Gasteiger partial charge is 0.481 e. The third kappa shape index (κ3) is 3.86. The molecule has 0 amide bonds. The van der Waals surface area contributed by atoms with Gasteiger partial charge in [0, 0.05) is 11.3 Å². The summed E-state index contributed by atoms with van der Waals surface area (Å²) in [5.74, 6) is -0.215. The lowest BCUT2D eigenvalue weighted by Gasteiger charge is -2.14. The molecule has 20 heavy (non-hydrogen) atoms. The molecule has 6 nitrogen and oxygen atoms in total. The fourth-order valence-corrected chi connectivity index (χ4v) is 2.79. The topological polar surface area (TPSA) is 80.9 Å². The van der Waals surface area contributed by atoms with E-state index in [0.717, 1.165) is 4.88 Å². The van der Waals surface area contributed by atoms with Crippen molar-refractivity contribution in [3.05, 3.63) is 28.2 Å². The van der Waals surface area contributed by atoms with Crippen molar-refractivity contribution in [1.82, 2.24) is 20.2 Å². The normalized spacial score (nSPS) is 12.8. The molecule has 0 fully saturated rings. The highest BCUT2D eigenvalue weighted by molar-refractivity contribution is 7.09. The maximum atomic E-state index is 11.3. The van der Waals surface area contributed by atoms with Crippen LogP contribution in [0.2, 0.25) is 0 Å². The molecule has 0 aromatic carbocycles. The first-order valence-electron chi connectivity index (χ1n) is 6.56. The third-order valence-corrected chi connectivity index (χ3v) is 3.89. The standard InChI is InChI=1S/C13H18N4O2S/c1-9(2)6-10(13(18)19)8-17-12(14-15-16-17)7-11-4-3-5-20-11/h3-5,9-10H,6-8H2,1-2H3,(H,18,19). The Hall–Kier alpha value is -1.76. The molecule has 108 valence electrons. The van der Waals surface area contributed by atoms with E-state index < -0.39 is 11.9 Å². The van der Waals surface area contributed by atoms with E-state index in [-0.39, 0.29) is 0 Å². The second kappa shape index (κ2) is 6.60. The number of carboxylic acids is 1. The summed E-state index contributed by atoms with van der Waals surface area (Å²) < 4.78 is 1.61. The first-order valence-corrected chi connectivity index (χ1v) is 7.44. The number of hydrogen-bond donors (Lipinski definition) is 1. The minimum Gasteiger partial charge on any atom is -0.481 e. The molecule has 0 aliphatic heterocycles. The van der Waals surface area contributed by atoms with E-state index in [1.54, 1.807) is 16.0 Å². The summed E-state index contributed by atoms with van der Waals surface area (Å²) in [5, 5.41) is 22.9. The Bertz CT molecular complexity index is 550. The van der Waals surface area contributed by atoms with Gasteiger partial charge < -0.3 is 5.11 Å². The summed E-state index contributed by atoms with van der Waals surface area (Å²) in [6, 6.07) is 4.00. The lowest BCUT2D eigenvalue weighted by molar-refractivity contribution is -0.142. The summed E-state index contributed by atoms with van der Waals surface area (Å²) >= 11 is 1.64. The molecule has 7 heteroatoms. The molecule has 1 unspecified atom stereocenters. The lowest BCUT2D eigenvalue weighted by atomic mass is 9.97. The monoisotopic (exact) mass is 294 g/mol. The second-order valence-corrected chi connectivity index (χ2v) is 6.23. The number of thiophene rings is 1. The van der Waals surface area contributed by atoms with Gasteiger partial charge in [-0.1, -0.05) is 19.9 Å². The van der Waals surface area contributed by atoms with Gasteiger partial charge in [-0.15, -0.1) is 16.4 Å². The van der Waals surface area contributed by atoms with Crippen molar-refractivity contribution >= 4 is 17.3 Å². The van der Waals surface area contributed by atoms with Crippen LogP contribution < -0.4 is 0 Å². The van der Waals surface area contributed by atoms with Crippen LogP contribution in [0.5, 0.6) is 0 Å². The van der Waals surface area contributed by atoms with Gasteiger partial charge in [-0.3, -0.25) is 4.79 Å². The van der Waals surface area contributed by atoms with Gasteiger partial charge in [0.15, 0.2) is 5.82 Å². The Morgan fingerprint density at radius 2 is 2.30 bits per heavy atom. The molecule has 0 spiro atoms. The summed E-state index contributed by atoms with van der Waals surface area (Å²) in [6.45, 7) is 4.35. The zero-order chi connectivity index (χ0) is 14.5. The van der Waals surface area contributed by atoms with E-state index in [9.17, 15) is 9.90 Å². The van der Waals surface area contributed by atoms with E-state index in [0.29, 0.717) is 31.1 Å². The van der Waals surface area contributed by atoms with Crippen molar-refractivity contribution in [2.45, 2.75) is 33.2 Å². The zero-order valence-corrected chi connectivity index (χ0v) is 12.4. The van der Waals surface area contributed by atoms with Gasteiger partial charge in [0.2, 0.25) is 0 Å². The third-order valence-electron chi connectivity index (χ3n) is 3.02. The molecule has 2 aromatic heterocycles. The predicted molar refractivity (Wildman–Crippen MR) is 75.5 cm³/mol. The van der Waals surface area contributed by atoms with Crippen LogP contribution in [0.4, 0.5) is 0 Å². The maximum Gasteiger partial charge on any atom is 0.308 e. The number of nitrogens with zero attached hydrogens (tertiary/aromatic N) is 4. The minimum absolute atomic E-state index is 0.321. The van der Waals surface area contributed by atoms with Gasteiger partial charge in [-0.2, -0.15) is 0 Å². The first kappa shape index (κ1) is 14.6. The molecule has 0 saturated carbocycles. The Labute approximate surface area is 121 Å². The van der Waals surface area contributed by atoms with Crippen LogP contribution in [0.15, 0.2) is 17.5 Å². The number of aromatic nitrogens is 4. The quantitative estimate of drug-likeness (QED) is 0.845. The summed E-state index contributed by atoms with van der Waals surface area (Å²) in [4.78, 5) is 12.5. The molecule has 0 bridgehead atoms. The molecule has 0 saturated heterocycles. The fraction of sp³-hybridized carbons (Fsp3) is 0.538. The number of carboxylic acid groups (broad SMARTS) is 1. The molecular weight excluding hydrogens is 276 g/mol. The van der Waals surface area contributed by atoms with E-state index in [2.05, 4.69) is 15.5 Å². The number of carbonyl (C=O) groups is 1. The summed E-state index contributed by atoms with van der Waals surface area (Å²) in [7, 11) is 0. The highest BCUT2D eigenvalue weighted by Gasteiger charge is 2.21. The zero-order valence-electron chi connectivity index (χ0n) is 11.6. The minimum atomic E-state index is -0.795. The molecule has 1 N–H and O–H groups in total. The molecule has 0 radical (unpaired) electrons. The van der Waals surface area contributed by atoms with Crippen LogP contribution in [0, 0.1) is 11.8 Å². The maximum absolute atomic E-state index is 11.3. The molecule has 0 aliphatic rings. The number of aliphatic carboxylic acids is 1. The van der Waals surface area contributed by atoms with Gasteiger partial charge in [-0.05, 0) is 34.2 Å². The second-order valence-electron chi connectivity index (χ2n) is 5.20. The fourth-order valence-electron chi connectivity index (χ4n) is 2.09. The highest BCUT2D eigenvalue weighted by Crippen LogP contribution is 2.17. The summed E-state index contributed by atoms with van der Waals surface area (Å²) in [5.41, 5.74) is 0. The molecule has 2 rings (SSSR count). The van der Waals surface area contributed by atoms with Crippen LogP contribution in [0.3, 0.4) is 0 Å². The first-order chi connectivity index (χ1) is 9.56. The SMILES string of the molecule is CC(C)CC(Cn1nnnc1Cc1cccs1)C(=O)O. The predicted octanol–water partition coefficient (Wildman–Crippen LogP) is 2.07. The van der Waals surface area contributed by atoms with Crippen molar-refractivity contribution in [3.63, 3.8) is 0 Å². The van der Waals surface area contributed by atoms with Gasteiger partial charge in [0.05, 0.1) is 12.5 Å². The van der Waals surface area contributed by atoms with Crippen LogP contribution in [-0.4, -0.2) is 31.3 Å². The van der Waals surface area contributed by atoms with Crippen LogP contribution in [0.25, 0.3) is 0 Å². The highest BCUT2D eigenvalue weighted by atomic mass is 32.1. The number of tetrazole rings is 1. The number of hydrogen-bond acceptors (Lipinski definition) is 5. The van der Waals surface area contributed by atoms with Crippen molar-refractivity contribution in [3.8, 4) is 0 Å². The van der Waals surface area contributed by atoms with Crippen LogP contribution in [0.1, 0.15) is 31.0 Å². The van der Waals surface area contributed by atoms with Crippen molar-refractivity contribution in [2.75, 3.05) is 0 Å². The van der Waals surface area contributed by atoms with Gasteiger partial charge in [-0.25, -0.2) is 4.68 Å². The van der Waals surface area contributed by atoms with E-state index in [4.69, 9.17) is 0 Å². The summed E-state index contributed by atoms with van der Waals surface area (Å²) in [6.07, 6.45) is 1.26.